The zero-order valence-corrected chi connectivity index (χ0v) is 11.3. The minimum Gasteiger partial charge on any atom is -0.386 e. The van der Waals surface area contributed by atoms with Gasteiger partial charge in [-0.15, -0.1) is 0 Å². The van der Waals surface area contributed by atoms with Crippen LogP contribution in [-0.4, -0.2) is 17.3 Å². The third kappa shape index (κ3) is 1.83. The van der Waals surface area contributed by atoms with Crippen LogP contribution in [0.5, 0.6) is 0 Å². The zero-order valence-electron chi connectivity index (χ0n) is 9.70. The maximum atomic E-state index is 11.7. The van der Waals surface area contributed by atoms with Crippen LogP contribution in [0, 0.1) is 11.8 Å². The van der Waals surface area contributed by atoms with Crippen molar-refractivity contribution in [2.45, 2.75) is 0 Å². The molecular formula is C15H7BrO3. The van der Waals surface area contributed by atoms with Crippen LogP contribution in [-0.2, 0) is 4.74 Å². The Morgan fingerprint density at radius 2 is 1.79 bits per heavy atom. The van der Waals surface area contributed by atoms with Crippen molar-refractivity contribution >= 4 is 38.6 Å². The second kappa shape index (κ2) is 4.52. The molecule has 0 saturated carbocycles. The molecule has 0 aliphatic carbocycles. The van der Waals surface area contributed by atoms with Gasteiger partial charge in [0.15, 0.2) is 0 Å². The third-order valence-electron chi connectivity index (χ3n) is 2.96. The summed E-state index contributed by atoms with van der Waals surface area (Å²) in [6.45, 7) is 0. The molecule has 0 aromatic heterocycles. The standard InChI is InChI=1S/C15H7BrO3/c16-8-2-3-9-6-7-12-13-10(9)4-1-5-11(13)14(17)19-15(12)18/h1,4-7H,8H2. The third-order valence-corrected chi connectivity index (χ3v) is 3.24. The van der Waals surface area contributed by atoms with E-state index in [4.69, 9.17) is 4.74 Å². The van der Waals surface area contributed by atoms with Gasteiger partial charge in [0, 0.05) is 10.9 Å². The highest BCUT2D eigenvalue weighted by Gasteiger charge is 2.27. The second-order valence-electron chi connectivity index (χ2n) is 4.00. The summed E-state index contributed by atoms with van der Waals surface area (Å²) in [6, 6.07) is 8.69. The molecule has 0 N–H and O–H groups in total. The van der Waals surface area contributed by atoms with Gasteiger partial charge in [-0.2, -0.15) is 0 Å². The predicted octanol–water partition coefficient (Wildman–Crippen LogP) is 2.90. The van der Waals surface area contributed by atoms with E-state index in [0.29, 0.717) is 21.8 Å². The summed E-state index contributed by atoms with van der Waals surface area (Å²) >= 11 is 3.24. The molecule has 0 bridgehead atoms. The van der Waals surface area contributed by atoms with Crippen LogP contribution < -0.4 is 0 Å². The summed E-state index contributed by atoms with van der Waals surface area (Å²) in [5.41, 5.74) is 1.62. The fraction of sp³-hybridized carbons (Fsp3) is 0.0667. The first-order chi connectivity index (χ1) is 9.22. The van der Waals surface area contributed by atoms with Crippen LogP contribution in [0.2, 0.25) is 0 Å². The molecule has 2 aromatic rings. The highest BCUT2D eigenvalue weighted by atomic mass is 79.9. The lowest BCUT2D eigenvalue weighted by Crippen LogP contribution is -2.19. The van der Waals surface area contributed by atoms with E-state index in [0.717, 1.165) is 10.9 Å². The maximum absolute atomic E-state index is 11.7. The van der Waals surface area contributed by atoms with Crippen LogP contribution in [0.4, 0.5) is 0 Å². The topological polar surface area (TPSA) is 43.4 Å². The van der Waals surface area contributed by atoms with Crippen molar-refractivity contribution in [3.8, 4) is 11.8 Å². The lowest BCUT2D eigenvalue weighted by atomic mass is 9.94. The smallest absolute Gasteiger partial charge is 0.346 e. The van der Waals surface area contributed by atoms with Crippen molar-refractivity contribution < 1.29 is 14.3 Å². The number of carbonyl (C=O) groups is 2. The summed E-state index contributed by atoms with van der Waals surface area (Å²) in [7, 11) is 0. The molecule has 0 unspecified atom stereocenters. The van der Waals surface area contributed by atoms with Crippen LogP contribution in [0.3, 0.4) is 0 Å². The van der Waals surface area contributed by atoms with E-state index in [9.17, 15) is 9.59 Å². The van der Waals surface area contributed by atoms with Crippen molar-refractivity contribution in [1.29, 1.82) is 0 Å². The summed E-state index contributed by atoms with van der Waals surface area (Å²) in [5, 5.41) is 2.00. The summed E-state index contributed by atoms with van der Waals surface area (Å²) in [5.74, 6) is 4.72. The molecule has 4 heteroatoms. The molecule has 92 valence electrons. The predicted molar refractivity (Wildman–Crippen MR) is 74.4 cm³/mol. The van der Waals surface area contributed by atoms with E-state index >= 15 is 0 Å². The second-order valence-corrected chi connectivity index (χ2v) is 4.56. The number of rotatable bonds is 0. The van der Waals surface area contributed by atoms with Crippen molar-refractivity contribution in [1.82, 2.24) is 0 Å². The Kier molecular flexibility index (Phi) is 2.84. The first kappa shape index (κ1) is 11.9. The lowest BCUT2D eigenvalue weighted by Gasteiger charge is -2.15. The Hall–Kier alpha value is -2.12. The largest absolute Gasteiger partial charge is 0.386 e. The van der Waals surface area contributed by atoms with Crippen molar-refractivity contribution in [3.05, 3.63) is 47.0 Å². The SMILES string of the molecule is O=C1OC(=O)c2ccc(C#CCBr)c3cccc1c23. The molecule has 3 rings (SSSR count). The van der Waals surface area contributed by atoms with Gasteiger partial charge in [0.25, 0.3) is 0 Å². The molecule has 0 fully saturated rings. The summed E-state index contributed by atoms with van der Waals surface area (Å²) < 4.78 is 4.70. The minimum absolute atomic E-state index is 0.412. The lowest BCUT2D eigenvalue weighted by molar-refractivity contribution is 0.0391. The Balaban J connectivity index is 2.42. The van der Waals surface area contributed by atoms with Gasteiger partial charge < -0.3 is 4.74 Å². The number of hydrogen-bond acceptors (Lipinski definition) is 3. The maximum Gasteiger partial charge on any atom is 0.346 e. The number of hydrogen-bond donors (Lipinski definition) is 0. The Labute approximate surface area is 117 Å². The minimum atomic E-state index is -0.603. The molecule has 0 spiro atoms. The first-order valence-electron chi connectivity index (χ1n) is 5.59. The van der Waals surface area contributed by atoms with Gasteiger partial charge in [-0.1, -0.05) is 39.9 Å². The molecule has 19 heavy (non-hydrogen) atoms. The summed E-state index contributed by atoms with van der Waals surface area (Å²) in [4.78, 5) is 23.4. The normalized spacial score (nSPS) is 12.9. The number of benzene rings is 2. The number of esters is 2. The molecule has 3 nitrogen and oxygen atoms in total. The van der Waals surface area contributed by atoms with E-state index in [1.165, 1.54) is 0 Å². The molecule has 0 amide bonds. The number of ether oxygens (including phenoxy) is 1. The molecule has 0 radical (unpaired) electrons. The average Bonchev–Trinajstić information content (AvgIpc) is 2.42. The molecular weight excluding hydrogens is 308 g/mol. The molecule has 2 aromatic carbocycles. The fourth-order valence-corrected chi connectivity index (χ4v) is 2.32. The molecule has 1 aliphatic rings. The van der Waals surface area contributed by atoms with Crippen LogP contribution in [0.1, 0.15) is 26.3 Å². The Bertz CT molecular complexity index is 761. The fourth-order valence-electron chi connectivity index (χ4n) is 2.18. The van der Waals surface area contributed by atoms with Crippen molar-refractivity contribution in [3.63, 3.8) is 0 Å². The highest BCUT2D eigenvalue weighted by molar-refractivity contribution is 9.09. The van der Waals surface area contributed by atoms with Gasteiger partial charge in [-0.05, 0) is 23.6 Å². The van der Waals surface area contributed by atoms with E-state index in [1.54, 1.807) is 24.3 Å². The van der Waals surface area contributed by atoms with Crippen molar-refractivity contribution in [2.75, 3.05) is 5.33 Å². The van der Waals surface area contributed by atoms with Crippen LogP contribution in [0.15, 0.2) is 30.3 Å². The number of cyclic esters (lactones) is 2. The first-order valence-corrected chi connectivity index (χ1v) is 6.71. The molecule has 1 heterocycles. The van der Waals surface area contributed by atoms with E-state index in [1.807, 2.05) is 6.07 Å². The van der Waals surface area contributed by atoms with Gasteiger partial charge >= 0.3 is 11.9 Å². The van der Waals surface area contributed by atoms with Crippen molar-refractivity contribution in [2.24, 2.45) is 0 Å². The highest BCUT2D eigenvalue weighted by Crippen LogP contribution is 2.30. The van der Waals surface area contributed by atoms with Gasteiger partial charge in [-0.25, -0.2) is 9.59 Å². The molecule has 0 atom stereocenters. The number of halogens is 1. The van der Waals surface area contributed by atoms with E-state index in [-0.39, 0.29) is 0 Å². The van der Waals surface area contributed by atoms with Crippen LogP contribution >= 0.6 is 15.9 Å². The van der Waals surface area contributed by atoms with Gasteiger partial charge in [0.05, 0.1) is 16.5 Å². The zero-order chi connectivity index (χ0) is 13.4. The molecule has 1 aliphatic heterocycles. The van der Waals surface area contributed by atoms with Gasteiger partial charge in [0.1, 0.15) is 0 Å². The Morgan fingerprint density at radius 1 is 1.05 bits per heavy atom. The van der Waals surface area contributed by atoms with Gasteiger partial charge in [0.2, 0.25) is 0 Å². The summed E-state index contributed by atoms with van der Waals surface area (Å²) in [6.07, 6.45) is 0. The molecule has 0 saturated heterocycles. The average molecular weight is 315 g/mol. The van der Waals surface area contributed by atoms with E-state index < -0.39 is 11.9 Å². The quantitative estimate of drug-likeness (QED) is 0.325. The number of alkyl halides is 1. The Morgan fingerprint density at radius 3 is 2.53 bits per heavy atom. The van der Waals surface area contributed by atoms with Gasteiger partial charge in [-0.3, -0.25) is 0 Å². The number of carbonyl (C=O) groups excluding carboxylic acids is 2. The van der Waals surface area contributed by atoms with E-state index in [2.05, 4.69) is 27.8 Å². The monoisotopic (exact) mass is 314 g/mol. The van der Waals surface area contributed by atoms with Crippen LogP contribution in [0.25, 0.3) is 10.8 Å².